The number of thioether (sulfide) groups is 1. The van der Waals surface area contributed by atoms with Crippen LogP contribution < -0.4 is 14.8 Å². The van der Waals surface area contributed by atoms with Crippen molar-refractivity contribution in [3.8, 4) is 11.5 Å². The van der Waals surface area contributed by atoms with Crippen molar-refractivity contribution in [1.29, 1.82) is 0 Å². The summed E-state index contributed by atoms with van der Waals surface area (Å²) in [5.74, 6) is 1.26. The first-order chi connectivity index (χ1) is 19.6. The summed E-state index contributed by atoms with van der Waals surface area (Å²) in [6.45, 7) is 3.35. The van der Waals surface area contributed by atoms with Gasteiger partial charge in [0.15, 0.2) is 5.17 Å². The van der Waals surface area contributed by atoms with Crippen molar-refractivity contribution in [3.63, 3.8) is 0 Å². The van der Waals surface area contributed by atoms with Gasteiger partial charge in [-0.15, -0.1) is 0 Å². The van der Waals surface area contributed by atoms with E-state index < -0.39 is 5.25 Å². The zero-order valence-corrected chi connectivity index (χ0v) is 24.0. The lowest BCUT2D eigenvalue weighted by Crippen LogP contribution is -2.35. The highest BCUT2D eigenvalue weighted by molar-refractivity contribution is 8.15. The van der Waals surface area contributed by atoms with Crippen LogP contribution in [0.15, 0.2) is 83.9 Å². The van der Waals surface area contributed by atoms with Gasteiger partial charge in [0.05, 0.1) is 19.4 Å². The lowest BCUT2D eigenvalue weighted by Gasteiger charge is -2.16. The standard InChI is InChI=1S/C32H37N3O4S/c1-3-4-5-9-22-39-28-18-14-26(15-19-28)33-30(36)23-29-31(37)35(21-20-24-12-16-27(38-2)17-13-24)32(40-29)34-25-10-7-6-8-11-25/h6-8,10-19,29H,3-5,9,20-23H2,1-2H3,(H,33,36)/t29-/m1/s1. The summed E-state index contributed by atoms with van der Waals surface area (Å²) in [7, 11) is 1.64. The maximum Gasteiger partial charge on any atom is 0.242 e. The average Bonchev–Trinajstić information content (AvgIpc) is 3.26. The Hall–Kier alpha value is -3.78. The number of rotatable bonds is 14. The van der Waals surface area contributed by atoms with Gasteiger partial charge in [-0.25, -0.2) is 4.99 Å². The van der Waals surface area contributed by atoms with Gasteiger partial charge in [-0.3, -0.25) is 14.5 Å². The van der Waals surface area contributed by atoms with Crippen molar-refractivity contribution in [2.75, 3.05) is 25.6 Å². The molecule has 0 bridgehead atoms. The molecule has 1 heterocycles. The molecule has 1 N–H and O–H groups in total. The topological polar surface area (TPSA) is 80.2 Å². The van der Waals surface area contributed by atoms with Crippen molar-refractivity contribution in [1.82, 2.24) is 4.90 Å². The maximum atomic E-state index is 13.4. The van der Waals surface area contributed by atoms with Crippen LogP contribution in [-0.4, -0.2) is 47.4 Å². The molecule has 1 aliphatic rings. The molecule has 3 aromatic rings. The highest BCUT2D eigenvalue weighted by Gasteiger charge is 2.39. The minimum Gasteiger partial charge on any atom is -0.497 e. The highest BCUT2D eigenvalue weighted by atomic mass is 32.2. The van der Waals surface area contributed by atoms with Crippen LogP contribution in [0.25, 0.3) is 0 Å². The van der Waals surface area contributed by atoms with E-state index in [1.54, 1.807) is 12.0 Å². The molecule has 0 unspecified atom stereocenters. The SMILES string of the molecule is CCCCCCOc1ccc(NC(=O)C[C@H]2SC(=Nc3ccccc3)N(CCc3ccc(OC)cc3)C2=O)cc1. The van der Waals surface area contributed by atoms with Crippen molar-refractivity contribution < 1.29 is 19.1 Å². The zero-order chi connectivity index (χ0) is 28.2. The number of aliphatic imine (C=N–C) groups is 1. The molecule has 0 aliphatic carbocycles. The molecule has 4 rings (SSSR count). The van der Waals surface area contributed by atoms with Crippen LogP contribution in [0.4, 0.5) is 11.4 Å². The van der Waals surface area contributed by atoms with E-state index in [-0.39, 0.29) is 18.2 Å². The number of amides is 2. The number of ether oxygens (including phenoxy) is 2. The number of para-hydroxylation sites is 1. The summed E-state index contributed by atoms with van der Waals surface area (Å²) >= 11 is 1.34. The largest absolute Gasteiger partial charge is 0.497 e. The Kier molecular flexibility index (Phi) is 11.0. The predicted octanol–water partition coefficient (Wildman–Crippen LogP) is 6.86. The first-order valence-corrected chi connectivity index (χ1v) is 14.7. The van der Waals surface area contributed by atoms with Crippen LogP contribution in [0.2, 0.25) is 0 Å². The molecule has 2 amide bonds. The number of hydrogen-bond donors (Lipinski definition) is 1. The number of unbranched alkanes of at least 4 members (excludes halogenated alkanes) is 3. The summed E-state index contributed by atoms with van der Waals surface area (Å²) in [6, 6.07) is 24.7. The third-order valence-corrected chi connectivity index (χ3v) is 7.73. The maximum absolute atomic E-state index is 13.4. The molecule has 1 atom stereocenters. The van der Waals surface area contributed by atoms with Crippen LogP contribution >= 0.6 is 11.8 Å². The van der Waals surface area contributed by atoms with Gasteiger partial charge in [0.25, 0.3) is 0 Å². The van der Waals surface area contributed by atoms with E-state index in [1.807, 2.05) is 78.9 Å². The van der Waals surface area contributed by atoms with Crippen LogP contribution in [0.3, 0.4) is 0 Å². The number of methoxy groups -OCH3 is 1. The minimum absolute atomic E-state index is 0.0615. The van der Waals surface area contributed by atoms with Gasteiger partial charge in [-0.2, -0.15) is 0 Å². The summed E-state index contributed by atoms with van der Waals surface area (Å²) in [4.78, 5) is 32.8. The molecule has 3 aromatic carbocycles. The Labute approximate surface area is 241 Å². The van der Waals surface area contributed by atoms with Crippen LogP contribution in [0.1, 0.15) is 44.6 Å². The Morgan fingerprint density at radius 1 is 0.950 bits per heavy atom. The van der Waals surface area contributed by atoms with Gasteiger partial charge >= 0.3 is 0 Å². The molecular formula is C32H37N3O4S. The number of carbonyl (C=O) groups excluding carboxylic acids is 2. The second-order valence-corrected chi connectivity index (χ2v) is 10.8. The molecule has 0 saturated carbocycles. The third-order valence-electron chi connectivity index (χ3n) is 6.56. The summed E-state index contributed by atoms with van der Waals surface area (Å²) in [5, 5.41) is 2.99. The highest BCUT2D eigenvalue weighted by Crippen LogP contribution is 2.32. The van der Waals surface area contributed by atoms with E-state index in [0.29, 0.717) is 30.4 Å². The fourth-order valence-electron chi connectivity index (χ4n) is 4.31. The average molecular weight is 560 g/mol. The summed E-state index contributed by atoms with van der Waals surface area (Å²) in [6.07, 6.45) is 5.34. The number of anilines is 1. The Morgan fingerprint density at radius 3 is 2.38 bits per heavy atom. The first-order valence-electron chi connectivity index (χ1n) is 13.8. The smallest absolute Gasteiger partial charge is 0.242 e. The van der Waals surface area contributed by atoms with Crippen molar-refractivity contribution in [2.45, 2.75) is 50.7 Å². The number of nitrogens with zero attached hydrogens (tertiary/aromatic N) is 2. The molecule has 7 nitrogen and oxygen atoms in total. The number of nitrogens with one attached hydrogen (secondary N) is 1. The number of amidine groups is 1. The molecular weight excluding hydrogens is 522 g/mol. The molecule has 1 fully saturated rings. The monoisotopic (exact) mass is 559 g/mol. The van der Waals surface area contributed by atoms with Crippen molar-refractivity contribution >= 4 is 40.1 Å². The van der Waals surface area contributed by atoms with E-state index in [1.165, 1.54) is 31.0 Å². The van der Waals surface area contributed by atoms with E-state index in [4.69, 9.17) is 14.5 Å². The van der Waals surface area contributed by atoms with Gasteiger partial charge < -0.3 is 14.8 Å². The summed E-state index contributed by atoms with van der Waals surface area (Å²) in [5.41, 5.74) is 2.53. The molecule has 0 spiro atoms. The fraction of sp³-hybridized carbons (Fsp3) is 0.344. The van der Waals surface area contributed by atoms with Gasteiger partial charge in [-0.1, -0.05) is 68.3 Å². The van der Waals surface area contributed by atoms with E-state index in [0.717, 1.165) is 29.2 Å². The van der Waals surface area contributed by atoms with E-state index >= 15 is 0 Å². The summed E-state index contributed by atoms with van der Waals surface area (Å²) < 4.78 is 11.0. The number of carbonyl (C=O) groups is 2. The zero-order valence-electron chi connectivity index (χ0n) is 23.2. The molecule has 0 aromatic heterocycles. The second kappa shape index (κ2) is 15.1. The van der Waals surface area contributed by atoms with Gasteiger partial charge in [0.2, 0.25) is 11.8 Å². The van der Waals surface area contributed by atoms with E-state index in [9.17, 15) is 9.59 Å². The molecule has 0 radical (unpaired) electrons. The normalized spacial score (nSPS) is 15.8. The van der Waals surface area contributed by atoms with Crippen molar-refractivity contribution in [3.05, 3.63) is 84.4 Å². The molecule has 1 saturated heterocycles. The van der Waals surface area contributed by atoms with Crippen LogP contribution in [-0.2, 0) is 16.0 Å². The Morgan fingerprint density at radius 2 is 1.68 bits per heavy atom. The van der Waals surface area contributed by atoms with Gasteiger partial charge in [0.1, 0.15) is 16.7 Å². The quantitative estimate of drug-likeness (QED) is 0.218. The number of benzene rings is 3. The third kappa shape index (κ3) is 8.61. The Bertz CT molecular complexity index is 1260. The van der Waals surface area contributed by atoms with Gasteiger partial charge in [-0.05, 0) is 66.9 Å². The predicted molar refractivity (Wildman–Crippen MR) is 163 cm³/mol. The lowest BCUT2D eigenvalue weighted by molar-refractivity contribution is -0.128. The Balaban J connectivity index is 1.36. The first kappa shape index (κ1) is 29.2. The molecule has 8 heteroatoms. The second-order valence-electron chi connectivity index (χ2n) is 9.61. The van der Waals surface area contributed by atoms with Crippen LogP contribution in [0, 0.1) is 0 Å². The van der Waals surface area contributed by atoms with Crippen molar-refractivity contribution in [2.24, 2.45) is 4.99 Å². The molecule has 210 valence electrons. The molecule has 1 aliphatic heterocycles. The molecule has 40 heavy (non-hydrogen) atoms. The fourth-order valence-corrected chi connectivity index (χ4v) is 5.49. The minimum atomic E-state index is -0.538. The lowest BCUT2D eigenvalue weighted by atomic mass is 10.1. The van der Waals surface area contributed by atoms with Gasteiger partial charge in [0, 0.05) is 18.7 Å². The van der Waals surface area contributed by atoms with Crippen LogP contribution in [0.5, 0.6) is 11.5 Å². The van der Waals surface area contributed by atoms with E-state index in [2.05, 4.69) is 12.2 Å². The number of hydrogen-bond acceptors (Lipinski definition) is 6.